The van der Waals surface area contributed by atoms with Gasteiger partial charge in [-0.1, -0.05) is 0 Å². The fourth-order valence-electron chi connectivity index (χ4n) is 4.97. The number of methoxy groups -OCH3 is 1. The summed E-state index contributed by atoms with van der Waals surface area (Å²) in [7, 11) is 1.35. The number of benzene rings is 2. The summed E-state index contributed by atoms with van der Waals surface area (Å²) in [5.41, 5.74) is -0.354. The Hall–Kier alpha value is -3.55. The lowest BCUT2D eigenvalue weighted by atomic mass is 9.98. The number of aliphatic hydroxyl groups is 7. The first-order valence-corrected chi connectivity index (χ1v) is 13.4. The maximum atomic E-state index is 12.8. The molecule has 0 radical (unpaired) electrons. The Morgan fingerprint density at radius 3 is 2.11 bits per heavy atom. The second kappa shape index (κ2) is 12.8. The van der Waals surface area contributed by atoms with E-state index in [0.717, 1.165) is 12.1 Å². The zero-order valence-corrected chi connectivity index (χ0v) is 23.0. The van der Waals surface area contributed by atoms with Crippen LogP contribution in [0.1, 0.15) is 0 Å². The van der Waals surface area contributed by atoms with Crippen molar-refractivity contribution < 1.29 is 74.1 Å². The molecular formula is C28H32O16. The molecule has 2 aliphatic heterocycles. The smallest absolute Gasteiger partial charge is 0.229 e. The Bertz CT molecular complexity index is 1520. The summed E-state index contributed by atoms with van der Waals surface area (Å²) in [5.74, 6) is -0.646. The summed E-state index contributed by atoms with van der Waals surface area (Å²) < 4.78 is 32.8. The van der Waals surface area contributed by atoms with Crippen molar-refractivity contribution in [3.63, 3.8) is 0 Å². The molecule has 0 amide bonds. The van der Waals surface area contributed by atoms with Gasteiger partial charge in [0, 0.05) is 23.8 Å². The fourth-order valence-corrected chi connectivity index (χ4v) is 4.97. The number of ether oxygens (including phenoxy) is 5. The van der Waals surface area contributed by atoms with Gasteiger partial charge in [-0.25, -0.2) is 0 Å². The molecule has 2 saturated heterocycles. The van der Waals surface area contributed by atoms with E-state index in [0.29, 0.717) is 5.56 Å². The van der Waals surface area contributed by atoms with E-state index >= 15 is 0 Å². The van der Waals surface area contributed by atoms with Crippen molar-refractivity contribution in [2.45, 2.75) is 61.4 Å². The van der Waals surface area contributed by atoms with Gasteiger partial charge in [0.15, 0.2) is 23.2 Å². The predicted octanol–water partition coefficient (Wildman–Crippen LogP) is -2.12. The highest BCUT2D eigenvalue weighted by atomic mass is 16.7. The van der Waals surface area contributed by atoms with Crippen LogP contribution in [0.25, 0.3) is 22.3 Å². The van der Waals surface area contributed by atoms with Gasteiger partial charge in [0.2, 0.25) is 6.29 Å². The van der Waals surface area contributed by atoms with Crippen LogP contribution in [0.15, 0.2) is 45.6 Å². The van der Waals surface area contributed by atoms with Crippen molar-refractivity contribution >= 4 is 11.0 Å². The molecule has 2 aromatic carbocycles. The van der Waals surface area contributed by atoms with Crippen molar-refractivity contribution in [2.75, 3.05) is 20.3 Å². The number of aliphatic hydroxyl groups excluding tert-OH is 7. The quantitative estimate of drug-likeness (QED) is 0.130. The molecule has 2 aliphatic rings. The van der Waals surface area contributed by atoms with E-state index in [1.165, 1.54) is 31.4 Å². The third-order valence-corrected chi connectivity index (χ3v) is 7.44. The van der Waals surface area contributed by atoms with Crippen molar-refractivity contribution in [1.29, 1.82) is 0 Å². The van der Waals surface area contributed by atoms with Gasteiger partial charge in [0.25, 0.3) is 0 Å². The van der Waals surface area contributed by atoms with Gasteiger partial charge in [0.1, 0.15) is 77.1 Å². The average molecular weight is 625 g/mol. The fraction of sp³-hybridized carbons (Fsp3) is 0.464. The highest BCUT2D eigenvalue weighted by molar-refractivity contribution is 5.86. The Balaban J connectivity index is 1.36. The minimum absolute atomic E-state index is 0.0650. The molecule has 0 bridgehead atoms. The largest absolute Gasteiger partial charge is 0.507 e. The first kappa shape index (κ1) is 31.9. The maximum absolute atomic E-state index is 12.8. The lowest BCUT2D eigenvalue weighted by Gasteiger charge is -2.42. The number of rotatable bonds is 8. The molecule has 3 heterocycles. The van der Waals surface area contributed by atoms with Crippen LogP contribution in [0.2, 0.25) is 0 Å². The van der Waals surface area contributed by atoms with Crippen LogP contribution in [0.3, 0.4) is 0 Å². The van der Waals surface area contributed by atoms with Gasteiger partial charge in [-0.05, 0) is 18.2 Å². The highest BCUT2D eigenvalue weighted by Gasteiger charge is 2.48. The molecule has 0 spiro atoms. The van der Waals surface area contributed by atoms with E-state index in [1.807, 2.05) is 0 Å². The van der Waals surface area contributed by atoms with Crippen LogP contribution in [0, 0.1) is 0 Å². The lowest BCUT2D eigenvalue weighted by molar-refractivity contribution is -0.323. The number of phenols is 2. The molecule has 0 saturated carbocycles. The molecule has 2 fully saturated rings. The first-order valence-electron chi connectivity index (χ1n) is 13.4. The molecule has 9 N–H and O–H groups in total. The number of aromatic hydroxyl groups is 2. The van der Waals surface area contributed by atoms with E-state index in [-0.39, 0.29) is 34.0 Å². The number of hydrogen-bond acceptors (Lipinski definition) is 16. The normalized spacial score (nSPS) is 32.5. The van der Waals surface area contributed by atoms with E-state index in [2.05, 4.69) is 0 Å². The Labute approximate surface area is 248 Å². The van der Waals surface area contributed by atoms with Crippen LogP contribution in [0.5, 0.6) is 23.0 Å². The van der Waals surface area contributed by atoms with Crippen molar-refractivity contribution in [1.82, 2.24) is 0 Å². The molecule has 16 nitrogen and oxygen atoms in total. The van der Waals surface area contributed by atoms with E-state index in [4.69, 9.17) is 28.1 Å². The molecule has 0 unspecified atom stereocenters. The Kier molecular flexibility index (Phi) is 9.28. The van der Waals surface area contributed by atoms with Gasteiger partial charge in [-0.2, -0.15) is 0 Å². The molecule has 44 heavy (non-hydrogen) atoms. The van der Waals surface area contributed by atoms with E-state index in [9.17, 15) is 50.8 Å². The molecule has 10 atom stereocenters. The molecule has 0 aliphatic carbocycles. The van der Waals surface area contributed by atoms with E-state index < -0.39 is 85.8 Å². The third-order valence-electron chi connectivity index (χ3n) is 7.44. The minimum atomic E-state index is -1.82. The monoisotopic (exact) mass is 624 g/mol. The molecular weight excluding hydrogens is 592 g/mol. The SMILES string of the molecule is COc1cc(-c2cc(=O)c3c(O)cc(O[C@@H]4O[C@@H](CO[C@@H]5O[C@H](CO)[C@@H](O)[C@H](O)[C@H]5O)[C@@H](O)[C@H](O)[C@H]4O)cc3o2)ccc1O. The highest BCUT2D eigenvalue weighted by Crippen LogP contribution is 2.35. The predicted molar refractivity (Wildman–Crippen MR) is 145 cm³/mol. The zero-order chi connectivity index (χ0) is 31.9. The van der Waals surface area contributed by atoms with Gasteiger partial charge >= 0.3 is 0 Å². The van der Waals surface area contributed by atoms with Crippen LogP contribution in [-0.2, 0) is 14.2 Å². The van der Waals surface area contributed by atoms with Crippen LogP contribution >= 0.6 is 0 Å². The van der Waals surface area contributed by atoms with Crippen LogP contribution in [0.4, 0.5) is 0 Å². The third kappa shape index (κ3) is 6.04. The van der Waals surface area contributed by atoms with Crippen molar-refractivity contribution in [3.05, 3.63) is 46.6 Å². The number of fused-ring (bicyclic) bond motifs is 1. The minimum Gasteiger partial charge on any atom is -0.507 e. The van der Waals surface area contributed by atoms with Gasteiger partial charge in [-0.15, -0.1) is 0 Å². The standard InChI is InChI=1S/C28H32O16/c1-39-16-4-10(2-3-12(16)30)15-7-14(32)20-13(31)5-11(6-17(20)42-15)41-28-26(38)24(36)22(34)19(44-28)9-40-27-25(37)23(35)21(33)18(8-29)43-27/h2-7,18-19,21-31,33-38H,8-9H2,1H3/t18-,19+,21-,22-,23+,24+,25-,26-,27-,28-/m1/s1. The lowest BCUT2D eigenvalue weighted by Crippen LogP contribution is -2.62. The Morgan fingerprint density at radius 1 is 0.773 bits per heavy atom. The zero-order valence-electron chi connectivity index (χ0n) is 23.0. The molecule has 1 aromatic heterocycles. The summed E-state index contributed by atoms with van der Waals surface area (Å²) in [6.07, 6.45) is -16.3. The van der Waals surface area contributed by atoms with Gasteiger partial charge in [-0.3, -0.25) is 4.79 Å². The summed E-state index contributed by atoms with van der Waals surface area (Å²) in [4.78, 5) is 12.8. The Morgan fingerprint density at radius 2 is 1.43 bits per heavy atom. The summed E-state index contributed by atoms with van der Waals surface area (Å²) in [5, 5.41) is 91.2. The summed E-state index contributed by atoms with van der Waals surface area (Å²) >= 11 is 0. The van der Waals surface area contributed by atoms with Gasteiger partial charge in [0.05, 0.1) is 20.3 Å². The van der Waals surface area contributed by atoms with E-state index in [1.54, 1.807) is 0 Å². The van der Waals surface area contributed by atoms with Gasteiger partial charge < -0.3 is 74.1 Å². The average Bonchev–Trinajstić information content (AvgIpc) is 3.00. The number of hydrogen-bond donors (Lipinski definition) is 9. The topological polar surface area (TPSA) is 258 Å². The number of phenolic OH excluding ortho intramolecular Hbond substituents is 2. The molecule has 5 rings (SSSR count). The molecule has 16 heteroatoms. The van der Waals surface area contributed by atoms with Crippen LogP contribution in [-0.4, -0.2) is 128 Å². The maximum Gasteiger partial charge on any atom is 0.229 e. The summed E-state index contributed by atoms with van der Waals surface area (Å²) in [6.45, 7) is -1.28. The second-order valence-electron chi connectivity index (χ2n) is 10.3. The summed E-state index contributed by atoms with van der Waals surface area (Å²) in [6, 6.07) is 7.67. The van der Waals surface area contributed by atoms with Crippen molar-refractivity contribution in [3.8, 4) is 34.3 Å². The first-order chi connectivity index (χ1) is 20.9. The van der Waals surface area contributed by atoms with Crippen molar-refractivity contribution in [2.24, 2.45) is 0 Å². The van der Waals surface area contributed by atoms with Crippen LogP contribution < -0.4 is 14.9 Å². The second-order valence-corrected chi connectivity index (χ2v) is 10.3. The molecule has 3 aromatic rings. The molecule has 240 valence electrons.